The Bertz CT molecular complexity index is 388. The number of hydrogen-bond donors (Lipinski definition) is 0. The van der Waals surface area contributed by atoms with Gasteiger partial charge < -0.3 is 0 Å². The molecule has 0 bridgehead atoms. The van der Waals surface area contributed by atoms with Crippen molar-refractivity contribution in [3.8, 4) is 0 Å². The summed E-state index contributed by atoms with van der Waals surface area (Å²) in [4.78, 5) is 11.7. The number of halogens is 1. The molecule has 1 rings (SSSR count). The van der Waals surface area contributed by atoms with Gasteiger partial charge in [-0.25, -0.2) is 4.39 Å². The Kier molecular flexibility index (Phi) is 3.84. The first-order chi connectivity index (χ1) is 7.30. The van der Waals surface area contributed by atoms with Gasteiger partial charge in [0.05, 0.1) is 0 Å². The van der Waals surface area contributed by atoms with Crippen molar-refractivity contribution in [3.05, 3.63) is 35.1 Å². The highest BCUT2D eigenvalue weighted by Crippen LogP contribution is 2.19. The number of aryl methyl sites for hydroxylation is 2. The lowest BCUT2D eigenvalue weighted by Crippen LogP contribution is -2.20. The predicted octanol–water partition coefficient (Wildman–Crippen LogP) is 3.68. The first-order valence-electron chi connectivity index (χ1n) is 5.59. The topological polar surface area (TPSA) is 17.1 Å². The summed E-state index contributed by atoms with van der Waals surface area (Å²) in [7, 11) is 0. The molecular formula is C14H19FO. The number of rotatable bonds is 3. The molecule has 16 heavy (non-hydrogen) atoms. The fraction of sp³-hybridized carbons (Fsp3) is 0.500. The summed E-state index contributed by atoms with van der Waals surface area (Å²) in [5, 5.41) is 0. The third kappa shape index (κ3) is 3.44. The average molecular weight is 222 g/mol. The number of carbonyl (C=O) groups excluding carboxylic acids is 1. The molecule has 0 N–H and O–H groups in total. The molecule has 0 aliphatic carbocycles. The van der Waals surface area contributed by atoms with Crippen molar-refractivity contribution in [2.45, 2.75) is 40.5 Å². The first-order valence-corrected chi connectivity index (χ1v) is 5.59. The minimum Gasteiger partial charge on any atom is -0.299 e. The molecule has 0 amide bonds. The van der Waals surface area contributed by atoms with Gasteiger partial charge in [-0.2, -0.15) is 0 Å². The molecule has 88 valence electrons. The van der Waals surface area contributed by atoms with Crippen molar-refractivity contribution in [1.82, 2.24) is 0 Å². The number of benzene rings is 1. The standard InChI is InChI=1S/C14H19FO/c1-10-5-7-12(15)9-11(10)6-8-13(16)14(2,3)4/h5,7,9H,6,8H2,1-4H3. The Morgan fingerprint density at radius 1 is 1.31 bits per heavy atom. The summed E-state index contributed by atoms with van der Waals surface area (Å²) < 4.78 is 13.0. The van der Waals surface area contributed by atoms with Crippen molar-refractivity contribution in [3.63, 3.8) is 0 Å². The Hall–Kier alpha value is -1.18. The molecule has 1 nitrogen and oxygen atoms in total. The second-order valence-electron chi connectivity index (χ2n) is 5.24. The van der Waals surface area contributed by atoms with Gasteiger partial charge >= 0.3 is 0 Å². The molecule has 0 aliphatic rings. The summed E-state index contributed by atoms with van der Waals surface area (Å²) in [5.74, 6) is -0.0139. The minimum absolute atomic E-state index is 0.219. The zero-order valence-corrected chi connectivity index (χ0v) is 10.4. The number of ketones is 1. The van der Waals surface area contributed by atoms with Gasteiger partial charge in [0, 0.05) is 11.8 Å². The van der Waals surface area contributed by atoms with Gasteiger partial charge in [0.25, 0.3) is 0 Å². The van der Waals surface area contributed by atoms with E-state index in [1.807, 2.05) is 27.7 Å². The third-order valence-electron chi connectivity index (χ3n) is 2.77. The van der Waals surface area contributed by atoms with E-state index in [1.54, 1.807) is 6.07 Å². The summed E-state index contributed by atoms with van der Waals surface area (Å²) in [6.45, 7) is 7.67. The molecule has 0 saturated carbocycles. The molecule has 0 aromatic heterocycles. The summed E-state index contributed by atoms with van der Waals surface area (Å²) >= 11 is 0. The Labute approximate surface area is 96.7 Å². The second-order valence-corrected chi connectivity index (χ2v) is 5.24. The fourth-order valence-corrected chi connectivity index (χ4v) is 1.53. The molecule has 0 unspecified atom stereocenters. The molecule has 0 heterocycles. The number of hydrogen-bond acceptors (Lipinski definition) is 1. The van der Waals surface area contributed by atoms with Crippen molar-refractivity contribution in [1.29, 1.82) is 0 Å². The second kappa shape index (κ2) is 4.77. The Morgan fingerprint density at radius 3 is 2.50 bits per heavy atom. The van der Waals surface area contributed by atoms with E-state index in [4.69, 9.17) is 0 Å². The van der Waals surface area contributed by atoms with Crippen molar-refractivity contribution >= 4 is 5.78 Å². The SMILES string of the molecule is Cc1ccc(F)cc1CCC(=O)C(C)(C)C. The maximum Gasteiger partial charge on any atom is 0.138 e. The van der Waals surface area contributed by atoms with E-state index in [1.165, 1.54) is 12.1 Å². The lowest BCUT2D eigenvalue weighted by atomic mass is 9.87. The van der Waals surface area contributed by atoms with E-state index in [-0.39, 0.29) is 17.0 Å². The largest absolute Gasteiger partial charge is 0.299 e. The van der Waals surface area contributed by atoms with Gasteiger partial charge in [0.15, 0.2) is 0 Å². The fourth-order valence-electron chi connectivity index (χ4n) is 1.53. The van der Waals surface area contributed by atoms with Crippen LogP contribution in [0.15, 0.2) is 18.2 Å². The highest BCUT2D eigenvalue weighted by atomic mass is 19.1. The van der Waals surface area contributed by atoms with Crippen LogP contribution in [0, 0.1) is 18.2 Å². The van der Waals surface area contributed by atoms with Gasteiger partial charge in [0.1, 0.15) is 11.6 Å². The predicted molar refractivity (Wildman–Crippen MR) is 63.9 cm³/mol. The van der Waals surface area contributed by atoms with Crippen LogP contribution in [0.1, 0.15) is 38.3 Å². The van der Waals surface area contributed by atoms with Crippen LogP contribution in [-0.4, -0.2) is 5.78 Å². The summed E-state index contributed by atoms with van der Waals surface area (Å²) in [5.41, 5.74) is 1.67. The minimum atomic E-state index is -0.304. The van der Waals surface area contributed by atoms with Crippen molar-refractivity contribution in [2.24, 2.45) is 5.41 Å². The van der Waals surface area contributed by atoms with Gasteiger partial charge in [-0.1, -0.05) is 26.8 Å². The van der Waals surface area contributed by atoms with Gasteiger partial charge in [0.2, 0.25) is 0 Å². The van der Waals surface area contributed by atoms with E-state index in [2.05, 4.69) is 0 Å². The van der Waals surface area contributed by atoms with Crippen LogP contribution in [-0.2, 0) is 11.2 Å². The highest BCUT2D eigenvalue weighted by Gasteiger charge is 2.20. The maximum atomic E-state index is 13.0. The number of Topliss-reactive ketones (excluding diaryl/α,β-unsaturated/α-hetero) is 1. The van der Waals surface area contributed by atoms with E-state index < -0.39 is 0 Å². The van der Waals surface area contributed by atoms with Gasteiger partial charge in [-0.05, 0) is 36.6 Å². The summed E-state index contributed by atoms with van der Waals surface area (Å²) in [6, 6.07) is 4.72. The lowest BCUT2D eigenvalue weighted by molar-refractivity contribution is -0.126. The summed E-state index contributed by atoms with van der Waals surface area (Å²) in [6.07, 6.45) is 1.10. The van der Waals surface area contributed by atoms with Gasteiger partial charge in [-0.3, -0.25) is 4.79 Å². The normalized spacial score (nSPS) is 11.6. The highest BCUT2D eigenvalue weighted by molar-refractivity contribution is 5.83. The quantitative estimate of drug-likeness (QED) is 0.762. The average Bonchev–Trinajstić information content (AvgIpc) is 2.17. The Balaban J connectivity index is 2.68. The van der Waals surface area contributed by atoms with Gasteiger partial charge in [-0.15, -0.1) is 0 Å². The molecule has 0 aliphatic heterocycles. The van der Waals surface area contributed by atoms with Crippen LogP contribution >= 0.6 is 0 Å². The van der Waals surface area contributed by atoms with Crippen LogP contribution in [0.2, 0.25) is 0 Å². The van der Waals surface area contributed by atoms with Crippen LogP contribution < -0.4 is 0 Å². The van der Waals surface area contributed by atoms with E-state index in [0.717, 1.165) is 11.1 Å². The monoisotopic (exact) mass is 222 g/mol. The number of carbonyl (C=O) groups is 1. The molecule has 0 atom stereocenters. The smallest absolute Gasteiger partial charge is 0.138 e. The zero-order valence-electron chi connectivity index (χ0n) is 10.4. The van der Waals surface area contributed by atoms with E-state index in [9.17, 15) is 9.18 Å². The van der Waals surface area contributed by atoms with E-state index >= 15 is 0 Å². The maximum absolute atomic E-state index is 13.0. The molecule has 0 radical (unpaired) electrons. The Morgan fingerprint density at radius 2 is 1.94 bits per heavy atom. The first kappa shape index (κ1) is 12.9. The molecule has 0 spiro atoms. The van der Waals surface area contributed by atoms with Crippen LogP contribution in [0.25, 0.3) is 0 Å². The molecule has 1 aromatic carbocycles. The third-order valence-corrected chi connectivity index (χ3v) is 2.77. The molecule has 0 saturated heterocycles. The van der Waals surface area contributed by atoms with Crippen LogP contribution in [0.3, 0.4) is 0 Å². The van der Waals surface area contributed by atoms with E-state index in [0.29, 0.717) is 12.8 Å². The molecule has 1 aromatic rings. The van der Waals surface area contributed by atoms with Crippen LogP contribution in [0.5, 0.6) is 0 Å². The molecule has 0 fully saturated rings. The molecular weight excluding hydrogens is 203 g/mol. The van der Waals surface area contributed by atoms with Crippen molar-refractivity contribution in [2.75, 3.05) is 0 Å². The molecule has 2 heteroatoms. The van der Waals surface area contributed by atoms with Crippen molar-refractivity contribution < 1.29 is 9.18 Å². The van der Waals surface area contributed by atoms with Crippen LogP contribution in [0.4, 0.5) is 4.39 Å². The zero-order chi connectivity index (χ0) is 12.3. The lowest BCUT2D eigenvalue weighted by Gasteiger charge is -2.16.